The Kier molecular flexibility index (Phi) is 2.91. The molecule has 0 aliphatic carbocycles. The highest BCUT2D eigenvalue weighted by atomic mass is 15.1. The molecule has 96 valence electrons. The minimum Gasteiger partial charge on any atom is -0.377 e. The van der Waals surface area contributed by atoms with Crippen LogP contribution in [0.4, 0.5) is 5.69 Å². The average Bonchev–Trinajstić information content (AvgIpc) is 2.81. The number of aromatic amines is 1. The van der Waals surface area contributed by atoms with E-state index in [0.29, 0.717) is 0 Å². The Bertz CT molecular complexity index is 650. The molecule has 0 unspecified atom stereocenters. The first-order chi connectivity index (χ1) is 9.22. The van der Waals surface area contributed by atoms with Gasteiger partial charge in [0.05, 0.1) is 11.0 Å². The topological polar surface area (TPSA) is 35.8 Å². The number of nitrogens with one attached hydrogen (secondary N) is 1. The van der Waals surface area contributed by atoms with E-state index in [-0.39, 0.29) is 0 Å². The number of fused-ring (bicyclic) bond motifs is 1. The summed E-state index contributed by atoms with van der Waals surface area (Å²) < 4.78 is 2.12. The molecule has 3 aromatic rings. The van der Waals surface area contributed by atoms with E-state index in [1.807, 2.05) is 38.4 Å². The molecule has 19 heavy (non-hydrogen) atoms. The van der Waals surface area contributed by atoms with E-state index >= 15 is 0 Å². The molecular weight excluding hydrogens is 236 g/mol. The van der Waals surface area contributed by atoms with Crippen molar-refractivity contribution in [1.82, 2.24) is 9.97 Å². The first-order valence-electron chi connectivity index (χ1n) is 6.32. The van der Waals surface area contributed by atoms with Crippen molar-refractivity contribution in [2.24, 2.45) is 0 Å². The zero-order valence-corrected chi connectivity index (χ0v) is 11.2. The Balaban J connectivity index is 1.84. The summed E-state index contributed by atoms with van der Waals surface area (Å²) in [6.45, 7) is 0.752. The van der Waals surface area contributed by atoms with Gasteiger partial charge in [0.1, 0.15) is 0 Å². The van der Waals surface area contributed by atoms with E-state index in [1.165, 1.54) is 5.69 Å². The lowest BCUT2D eigenvalue weighted by molar-refractivity contribution is -0.689. The zero-order valence-electron chi connectivity index (χ0n) is 11.2. The average molecular weight is 253 g/mol. The minimum atomic E-state index is 0.752. The molecule has 2 heterocycles. The van der Waals surface area contributed by atoms with Crippen LogP contribution in [0.25, 0.3) is 11.0 Å². The van der Waals surface area contributed by atoms with Crippen LogP contribution in [0.2, 0.25) is 0 Å². The predicted molar refractivity (Wildman–Crippen MR) is 76.2 cm³/mol. The fourth-order valence-corrected chi connectivity index (χ4v) is 2.11. The largest absolute Gasteiger partial charge is 0.377 e. The Labute approximate surface area is 112 Å². The van der Waals surface area contributed by atoms with Crippen LogP contribution in [0.5, 0.6) is 0 Å². The van der Waals surface area contributed by atoms with Crippen molar-refractivity contribution in [3.63, 3.8) is 0 Å². The van der Waals surface area contributed by atoms with Crippen molar-refractivity contribution in [2.45, 2.75) is 6.54 Å². The summed E-state index contributed by atoms with van der Waals surface area (Å²) in [6.07, 6.45) is 4.14. The first kappa shape index (κ1) is 11.7. The standard InChI is InChI=1S/C15H17N4/c1-18(2)12-7-9-19(10-8-12)11-15-16-13-5-3-4-6-14(13)17-15/h3-10H,11H2,1-2H3,(H,16,17)/q+1. The molecule has 0 atom stereocenters. The number of hydrogen-bond donors (Lipinski definition) is 1. The molecule has 0 saturated carbocycles. The van der Waals surface area contributed by atoms with Crippen LogP contribution in [0.3, 0.4) is 0 Å². The van der Waals surface area contributed by atoms with Gasteiger partial charge in [-0.2, -0.15) is 4.57 Å². The Morgan fingerprint density at radius 3 is 2.53 bits per heavy atom. The highest BCUT2D eigenvalue weighted by Gasteiger charge is 2.08. The van der Waals surface area contributed by atoms with Crippen molar-refractivity contribution < 1.29 is 4.57 Å². The predicted octanol–water partition coefficient (Wildman–Crippen LogP) is 1.96. The Morgan fingerprint density at radius 2 is 1.84 bits per heavy atom. The van der Waals surface area contributed by atoms with Crippen molar-refractivity contribution >= 4 is 16.7 Å². The zero-order chi connectivity index (χ0) is 13.2. The van der Waals surface area contributed by atoms with Gasteiger partial charge in [0.15, 0.2) is 18.2 Å². The van der Waals surface area contributed by atoms with Gasteiger partial charge in [0, 0.05) is 31.9 Å². The molecule has 0 saturated heterocycles. The summed E-state index contributed by atoms with van der Waals surface area (Å²) in [5, 5.41) is 0. The van der Waals surface area contributed by atoms with Gasteiger partial charge in [-0.25, -0.2) is 4.98 Å². The third kappa shape index (κ3) is 2.42. The third-order valence-corrected chi connectivity index (χ3v) is 3.16. The molecule has 0 spiro atoms. The number of hydrogen-bond acceptors (Lipinski definition) is 2. The molecule has 0 aliphatic rings. The van der Waals surface area contributed by atoms with E-state index in [1.54, 1.807) is 0 Å². The van der Waals surface area contributed by atoms with Gasteiger partial charge in [-0.1, -0.05) is 12.1 Å². The molecule has 4 heteroatoms. The lowest BCUT2D eigenvalue weighted by Crippen LogP contribution is -2.34. The van der Waals surface area contributed by atoms with Crippen molar-refractivity contribution in [2.75, 3.05) is 19.0 Å². The quantitative estimate of drug-likeness (QED) is 0.724. The molecule has 0 bridgehead atoms. The number of rotatable bonds is 3. The number of aromatic nitrogens is 3. The van der Waals surface area contributed by atoms with Crippen LogP contribution in [-0.2, 0) is 6.54 Å². The maximum absolute atomic E-state index is 4.58. The summed E-state index contributed by atoms with van der Waals surface area (Å²) in [5.74, 6) is 0.976. The summed E-state index contributed by atoms with van der Waals surface area (Å²) in [6, 6.07) is 12.3. The molecule has 0 fully saturated rings. The lowest BCUT2D eigenvalue weighted by atomic mass is 10.3. The van der Waals surface area contributed by atoms with E-state index in [4.69, 9.17) is 0 Å². The highest BCUT2D eigenvalue weighted by Crippen LogP contribution is 2.10. The van der Waals surface area contributed by atoms with E-state index in [2.05, 4.69) is 44.0 Å². The Hall–Kier alpha value is -2.36. The molecule has 0 aliphatic heterocycles. The van der Waals surface area contributed by atoms with Gasteiger partial charge in [-0.3, -0.25) is 0 Å². The van der Waals surface area contributed by atoms with Gasteiger partial charge >= 0.3 is 0 Å². The van der Waals surface area contributed by atoms with Crippen LogP contribution in [0.1, 0.15) is 5.82 Å². The summed E-state index contributed by atoms with van der Waals surface area (Å²) in [7, 11) is 4.08. The van der Waals surface area contributed by atoms with Crippen LogP contribution < -0.4 is 9.47 Å². The number of pyridine rings is 1. The summed E-state index contributed by atoms with van der Waals surface area (Å²) >= 11 is 0. The van der Waals surface area contributed by atoms with Crippen LogP contribution in [0, 0.1) is 0 Å². The molecule has 0 amide bonds. The van der Waals surface area contributed by atoms with Crippen LogP contribution in [0.15, 0.2) is 48.8 Å². The van der Waals surface area contributed by atoms with E-state index in [0.717, 1.165) is 23.4 Å². The molecule has 4 nitrogen and oxygen atoms in total. The minimum absolute atomic E-state index is 0.752. The molecule has 3 rings (SSSR count). The highest BCUT2D eigenvalue weighted by molar-refractivity contribution is 5.74. The van der Waals surface area contributed by atoms with E-state index < -0.39 is 0 Å². The lowest BCUT2D eigenvalue weighted by Gasteiger charge is -2.10. The summed E-state index contributed by atoms with van der Waals surface area (Å²) in [4.78, 5) is 10.0. The van der Waals surface area contributed by atoms with Gasteiger partial charge in [0.2, 0.25) is 6.54 Å². The van der Waals surface area contributed by atoms with Crippen molar-refractivity contribution in [3.8, 4) is 0 Å². The number of imidazole rings is 1. The molecule has 1 N–H and O–H groups in total. The van der Waals surface area contributed by atoms with Crippen molar-refractivity contribution in [3.05, 3.63) is 54.6 Å². The SMILES string of the molecule is CN(C)c1cc[n+](Cc2nc3ccccc3[nH]2)cc1. The second-order valence-corrected chi connectivity index (χ2v) is 4.82. The molecule has 2 aromatic heterocycles. The normalized spacial score (nSPS) is 10.8. The number of benzene rings is 1. The second-order valence-electron chi connectivity index (χ2n) is 4.82. The number of nitrogens with zero attached hydrogens (tertiary/aromatic N) is 3. The fourth-order valence-electron chi connectivity index (χ4n) is 2.11. The van der Waals surface area contributed by atoms with Gasteiger partial charge in [0.25, 0.3) is 0 Å². The van der Waals surface area contributed by atoms with Gasteiger partial charge in [-0.05, 0) is 12.1 Å². The number of para-hydroxylation sites is 2. The van der Waals surface area contributed by atoms with Crippen molar-refractivity contribution in [1.29, 1.82) is 0 Å². The third-order valence-electron chi connectivity index (χ3n) is 3.16. The first-order valence-corrected chi connectivity index (χ1v) is 6.32. The monoisotopic (exact) mass is 253 g/mol. The van der Waals surface area contributed by atoms with Crippen LogP contribution in [-0.4, -0.2) is 24.1 Å². The maximum Gasteiger partial charge on any atom is 0.205 e. The van der Waals surface area contributed by atoms with E-state index in [9.17, 15) is 0 Å². The number of H-pyrrole nitrogens is 1. The molecule has 1 aromatic carbocycles. The summed E-state index contributed by atoms with van der Waals surface area (Å²) in [5.41, 5.74) is 3.30. The fraction of sp³-hybridized carbons (Fsp3) is 0.200. The molecular formula is C15H17N4+. The van der Waals surface area contributed by atoms with Gasteiger partial charge < -0.3 is 9.88 Å². The maximum atomic E-state index is 4.58. The van der Waals surface area contributed by atoms with Gasteiger partial charge in [-0.15, -0.1) is 0 Å². The smallest absolute Gasteiger partial charge is 0.205 e. The second kappa shape index (κ2) is 4.72. The van der Waals surface area contributed by atoms with Crippen LogP contribution >= 0.6 is 0 Å². The molecule has 0 radical (unpaired) electrons. The number of anilines is 1. The Morgan fingerprint density at radius 1 is 1.11 bits per heavy atom.